The second-order valence-corrected chi connectivity index (χ2v) is 7.33. The Morgan fingerprint density at radius 2 is 1.78 bits per heavy atom. The second-order valence-electron chi connectivity index (χ2n) is 7.33. The number of benzene rings is 2. The monoisotopic (exact) mass is 365 g/mol. The van der Waals surface area contributed by atoms with Crippen molar-refractivity contribution in [3.63, 3.8) is 0 Å². The van der Waals surface area contributed by atoms with Crippen LogP contribution in [-0.2, 0) is 27.3 Å². The Hall–Kier alpha value is -2.46. The molecule has 27 heavy (non-hydrogen) atoms. The van der Waals surface area contributed by atoms with Gasteiger partial charge in [0.15, 0.2) is 5.78 Å². The number of Topliss-reactive ketones (excluding diaryl/α,β-unsaturated/α-hetero) is 1. The molecule has 0 saturated carbocycles. The molecule has 4 nitrogen and oxygen atoms in total. The van der Waals surface area contributed by atoms with Crippen LogP contribution in [0.5, 0.6) is 0 Å². The quantitative estimate of drug-likeness (QED) is 0.580. The van der Waals surface area contributed by atoms with Crippen LogP contribution in [0.25, 0.3) is 0 Å². The van der Waals surface area contributed by atoms with E-state index in [0.717, 1.165) is 17.7 Å². The molecule has 1 aliphatic heterocycles. The van der Waals surface area contributed by atoms with Crippen molar-refractivity contribution < 1.29 is 14.3 Å². The highest BCUT2D eigenvalue weighted by atomic mass is 16.5. The maximum atomic E-state index is 13.2. The van der Waals surface area contributed by atoms with Gasteiger partial charge in [-0.05, 0) is 37.8 Å². The smallest absolute Gasteiger partial charge is 0.320 e. The number of likely N-dealkylation sites (tertiary alicyclic amines) is 1. The molecule has 0 amide bonds. The van der Waals surface area contributed by atoms with Crippen LogP contribution in [0.15, 0.2) is 54.6 Å². The van der Waals surface area contributed by atoms with Gasteiger partial charge in [-0.25, -0.2) is 0 Å². The molecular formula is C23H27NO3. The first kappa shape index (κ1) is 19.3. The van der Waals surface area contributed by atoms with Gasteiger partial charge in [0.05, 0.1) is 13.2 Å². The lowest BCUT2D eigenvalue weighted by Gasteiger charge is -2.38. The zero-order valence-corrected chi connectivity index (χ0v) is 16.1. The van der Waals surface area contributed by atoms with Gasteiger partial charge in [-0.1, -0.05) is 60.2 Å². The van der Waals surface area contributed by atoms with Crippen LogP contribution < -0.4 is 0 Å². The zero-order chi connectivity index (χ0) is 19.3. The lowest BCUT2D eigenvalue weighted by Crippen LogP contribution is -2.53. The first-order valence-corrected chi connectivity index (χ1v) is 9.56. The Kier molecular flexibility index (Phi) is 6.07. The number of hydrogen-bond donors (Lipinski definition) is 0. The number of carbonyl (C=O) groups excluding carboxylic acids is 2. The van der Waals surface area contributed by atoms with E-state index in [1.165, 1.54) is 5.56 Å². The summed E-state index contributed by atoms with van der Waals surface area (Å²) in [6, 6.07) is 18.1. The molecule has 4 heteroatoms. The normalized spacial score (nSPS) is 20.4. The number of piperidine rings is 1. The number of carbonyl (C=O) groups is 2. The van der Waals surface area contributed by atoms with Crippen LogP contribution in [0, 0.1) is 12.3 Å². The average molecular weight is 365 g/mol. The lowest BCUT2D eigenvalue weighted by atomic mass is 9.72. The Labute approximate surface area is 161 Å². The molecule has 0 aromatic heterocycles. The molecular weight excluding hydrogens is 338 g/mol. The van der Waals surface area contributed by atoms with E-state index in [-0.39, 0.29) is 24.9 Å². The highest BCUT2D eigenvalue weighted by Gasteiger charge is 2.49. The third-order valence-corrected chi connectivity index (χ3v) is 5.30. The Balaban J connectivity index is 1.78. The average Bonchev–Trinajstić information content (AvgIpc) is 2.67. The highest BCUT2D eigenvalue weighted by molar-refractivity contribution is 6.05. The molecule has 0 spiro atoms. The van der Waals surface area contributed by atoms with Gasteiger partial charge in [0.2, 0.25) is 0 Å². The Morgan fingerprint density at radius 3 is 2.41 bits per heavy atom. The number of aryl methyl sites for hydroxylation is 1. The summed E-state index contributed by atoms with van der Waals surface area (Å²) in [6.07, 6.45) is 0.898. The van der Waals surface area contributed by atoms with Crippen molar-refractivity contribution in [2.75, 3.05) is 19.7 Å². The highest BCUT2D eigenvalue weighted by Crippen LogP contribution is 2.35. The molecule has 0 bridgehead atoms. The van der Waals surface area contributed by atoms with Crippen molar-refractivity contribution in [1.82, 2.24) is 4.90 Å². The molecule has 0 unspecified atom stereocenters. The second kappa shape index (κ2) is 8.49. The van der Waals surface area contributed by atoms with Gasteiger partial charge in [-0.15, -0.1) is 0 Å². The van der Waals surface area contributed by atoms with E-state index in [0.29, 0.717) is 19.4 Å². The van der Waals surface area contributed by atoms with Gasteiger partial charge in [-0.2, -0.15) is 0 Å². The largest absolute Gasteiger partial charge is 0.465 e. The van der Waals surface area contributed by atoms with E-state index in [9.17, 15) is 9.59 Å². The van der Waals surface area contributed by atoms with Gasteiger partial charge < -0.3 is 4.74 Å². The van der Waals surface area contributed by atoms with E-state index in [4.69, 9.17) is 4.74 Å². The van der Waals surface area contributed by atoms with Gasteiger partial charge in [-0.3, -0.25) is 14.5 Å². The van der Waals surface area contributed by atoms with Gasteiger partial charge >= 0.3 is 5.97 Å². The summed E-state index contributed by atoms with van der Waals surface area (Å²) in [7, 11) is 0. The summed E-state index contributed by atoms with van der Waals surface area (Å²) >= 11 is 0. The zero-order valence-electron chi connectivity index (χ0n) is 16.1. The molecule has 0 aliphatic carbocycles. The van der Waals surface area contributed by atoms with Crippen molar-refractivity contribution >= 4 is 11.8 Å². The predicted molar refractivity (Wildman–Crippen MR) is 105 cm³/mol. The van der Waals surface area contributed by atoms with Crippen LogP contribution in [0.3, 0.4) is 0 Å². The summed E-state index contributed by atoms with van der Waals surface area (Å²) in [5.74, 6) is -0.418. The van der Waals surface area contributed by atoms with Gasteiger partial charge in [0.1, 0.15) is 5.41 Å². The van der Waals surface area contributed by atoms with E-state index in [1.807, 2.05) is 49.4 Å². The number of esters is 1. The van der Waals surface area contributed by atoms with Gasteiger partial charge in [0, 0.05) is 13.1 Å². The fourth-order valence-corrected chi connectivity index (χ4v) is 3.70. The van der Waals surface area contributed by atoms with Gasteiger partial charge in [0.25, 0.3) is 0 Å². The fraction of sp³-hybridized carbons (Fsp3) is 0.391. The Morgan fingerprint density at radius 1 is 1.07 bits per heavy atom. The van der Waals surface area contributed by atoms with E-state index < -0.39 is 5.41 Å². The maximum absolute atomic E-state index is 13.2. The third kappa shape index (κ3) is 4.45. The Bertz CT molecular complexity index is 785. The summed E-state index contributed by atoms with van der Waals surface area (Å²) in [5, 5.41) is 0. The topological polar surface area (TPSA) is 46.6 Å². The number of nitrogens with zero attached hydrogens (tertiary/aromatic N) is 1. The molecule has 142 valence electrons. The molecule has 1 aliphatic rings. The molecule has 3 rings (SSSR count). The van der Waals surface area contributed by atoms with Crippen LogP contribution >= 0.6 is 0 Å². The molecule has 0 radical (unpaired) electrons. The molecule has 0 N–H and O–H groups in total. The third-order valence-electron chi connectivity index (χ3n) is 5.30. The van der Waals surface area contributed by atoms with Crippen molar-refractivity contribution in [3.05, 3.63) is 71.3 Å². The molecule has 1 saturated heterocycles. The minimum absolute atomic E-state index is 0.0382. The lowest BCUT2D eigenvalue weighted by molar-refractivity contribution is -0.163. The predicted octanol–water partition coefficient (Wildman–Crippen LogP) is 3.56. The van der Waals surface area contributed by atoms with Crippen molar-refractivity contribution in [1.29, 1.82) is 0 Å². The molecule has 1 heterocycles. The summed E-state index contributed by atoms with van der Waals surface area (Å²) in [5.41, 5.74) is 2.26. The van der Waals surface area contributed by atoms with Crippen molar-refractivity contribution in [3.8, 4) is 0 Å². The van der Waals surface area contributed by atoms with Crippen LogP contribution in [0.4, 0.5) is 0 Å². The number of ether oxygens (including phenoxy) is 1. The number of hydrogen-bond acceptors (Lipinski definition) is 4. The molecule has 2 aromatic rings. The van der Waals surface area contributed by atoms with Crippen molar-refractivity contribution in [2.24, 2.45) is 5.41 Å². The first-order chi connectivity index (χ1) is 13.0. The summed E-state index contributed by atoms with van der Waals surface area (Å²) < 4.78 is 5.33. The maximum Gasteiger partial charge on any atom is 0.320 e. The minimum atomic E-state index is -1.07. The SMILES string of the molecule is CCOC(=O)[C@]1(Cc2ccc(C)cc2)CCN(Cc2ccccc2)CC1=O. The van der Waals surface area contributed by atoms with Crippen LogP contribution in [-0.4, -0.2) is 36.3 Å². The van der Waals surface area contributed by atoms with E-state index >= 15 is 0 Å². The summed E-state index contributed by atoms with van der Waals surface area (Å²) in [4.78, 5) is 28.1. The first-order valence-electron chi connectivity index (χ1n) is 9.56. The van der Waals surface area contributed by atoms with Crippen molar-refractivity contribution in [2.45, 2.75) is 33.2 Å². The number of ketones is 1. The minimum Gasteiger partial charge on any atom is -0.465 e. The standard InChI is InChI=1S/C23H27NO3/c1-3-27-22(26)23(15-19-11-9-18(2)10-12-19)13-14-24(17-21(23)25)16-20-7-5-4-6-8-20/h4-12H,3,13-17H2,1-2H3/t23-/m0/s1. The van der Waals surface area contributed by atoms with E-state index in [1.54, 1.807) is 6.92 Å². The van der Waals surface area contributed by atoms with Crippen LogP contribution in [0.1, 0.15) is 30.0 Å². The number of rotatable bonds is 6. The fourth-order valence-electron chi connectivity index (χ4n) is 3.70. The van der Waals surface area contributed by atoms with Crippen LogP contribution in [0.2, 0.25) is 0 Å². The van der Waals surface area contributed by atoms with E-state index in [2.05, 4.69) is 17.0 Å². The summed E-state index contributed by atoms with van der Waals surface area (Å²) in [6.45, 7) is 5.79. The molecule has 1 atom stereocenters. The molecule has 2 aromatic carbocycles. The molecule has 1 fully saturated rings.